The molecule has 1 rings (SSSR count). The summed E-state index contributed by atoms with van der Waals surface area (Å²) in [5, 5.41) is 8.92. The third-order valence-electron chi connectivity index (χ3n) is 2.37. The maximum atomic E-state index is 13.6. The highest BCUT2D eigenvalue weighted by atomic mass is 19.1. The Kier molecular flexibility index (Phi) is 4.07. The number of allylic oxidation sites excluding steroid dienone is 1. The Labute approximate surface area is 95.2 Å². The molecule has 0 unspecified atom stereocenters. The molecule has 0 aliphatic rings. The zero-order valence-electron chi connectivity index (χ0n) is 9.55. The van der Waals surface area contributed by atoms with Gasteiger partial charge in [-0.05, 0) is 31.0 Å². The molecule has 2 nitrogen and oxygen atoms in total. The van der Waals surface area contributed by atoms with E-state index in [9.17, 15) is 4.39 Å². The Hall–Kier alpha value is -1.82. The smallest absolute Gasteiger partial charge is 0.132 e. The molecule has 0 radical (unpaired) electrons. The number of hydrogen-bond donors (Lipinski definition) is 1. The Morgan fingerprint density at radius 1 is 1.50 bits per heavy atom. The van der Waals surface area contributed by atoms with E-state index in [1.807, 2.05) is 19.9 Å². The standard InChI is InChI=1S/C13H15FN2/c1-3-4-10(8-15)13(16)11-6-5-9(2)7-12(11)14/h5-7H,3-4,16H2,1-2H3/b13-10-. The minimum Gasteiger partial charge on any atom is -0.397 e. The van der Waals surface area contributed by atoms with Crippen LogP contribution in [-0.4, -0.2) is 0 Å². The molecule has 2 N–H and O–H groups in total. The molecule has 0 atom stereocenters. The number of nitrogens with two attached hydrogens (primary N) is 1. The highest BCUT2D eigenvalue weighted by molar-refractivity contribution is 5.69. The zero-order chi connectivity index (χ0) is 12.1. The summed E-state index contributed by atoms with van der Waals surface area (Å²) in [5.41, 5.74) is 7.66. The summed E-state index contributed by atoms with van der Waals surface area (Å²) < 4.78 is 13.6. The molecule has 0 heterocycles. The van der Waals surface area contributed by atoms with Crippen LogP contribution in [0.3, 0.4) is 0 Å². The van der Waals surface area contributed by atoms with Crippen molar-refractivity contribution in [2.75, 3.05) is 0 Å². The predicted octanol–water partition coefficient (Wildman–Crippen LogP) is 3.13. The summed E-state index contributed by atoms with van der Waals surface area (Å²) in [6.45, 7) is 3.76. The molecular weight excluding hydrogens is 203 g/mol. The average molecular weight is 218 g/mol. The Bertz CT molecular complexity index is 455. The molecule has 1 aromatic carbocycles. The number of rotatable bonds is 3. The summed E-state index contributed by atoms with van der Waals surface area (Å²) in [5.74, 6) is -0.374. The van der Waals surface area contributed by atoms with E-state index >= 15 is 0 Å². The van der Waals surface area contributed by atoms with Gasteiger partial charge in [-0.2, -0.15) is 5.26 Å². The second-order valence-corrected chi connectivity index (χ2v) is 3.74. The van der Waals surface area contributed by atoms with Crippen LogP contribution in [-0.2, 0) is 0 Å². The van der Waals surface area contributed by atoms with Crippen LogP contribution in [0.25, 0.3) is 5.70 Å². The number of hydrogen-bond acceptors (Lipinski definition) is 2. The van der Waals surface area contributed by atoms with Gasteiger partial charge >= 0.3 is 0 Å². The molecule has 0 saturated heterocycles. The van der Waals surface area contributed by atoms with E-state index in [0.29, 0.717) is 17.6 Å². The van der Waals surface area contributed by atoms with Crippen molar-refractivity contribution in [2.45, 2.75) is 26.7 Å². The first-order chi connectivity index (χ1) is 7.60. The molecule has 0 amide bonds. The van der Waals surface area contributed by atoms with Gasteiger partial charge in [0.15, 0.2) is 0 Å². The number of nitriles is 1. The summed E-state index contributed by atoms with van der Waals surface area (Å²) in [4.78, 5) is 0. The van der Waals surface area contributed by atoms with Gasteiger partial charge in [0.1, 0.15) is 5.82 Å². The lowest BCUT2D eigenvalue weighted by molar-refractivity contribution is 0.622. The van der Waals surface area contributed by atoms with Gasteiger partial charge in [0.05, 0.1) is 17.3 Å². The van der Waals surface area contributed by atoms with E-state index in [-0.39, 0.29) is 11.5 Å². The first-order valence-corrected chi connectivity index (χ1v) is 5.25. The van der Waals surface area contributed by atoms with Crippen LogP contribution in [0.15, 0.2) is 23.8 Å². The van der Waals surface area contributed by atoms with Gasteiger partial charge in [-0.3, -0.25) is 0 Å². The minimum absolute atomic E-state index is 0.252. The molecule has 0 fully saturated rings. The van der Waals surface area contributed by atoms with Crippen LogP contribution in [0.1, 0.15) is 30.9 Å². The second-order valence-electron chi connectivity index (χ2n) is 3.74. The number of benzene rings is 1. The van der Waals surface area contributed by atoms with Crippen molar-refractivity contribution in [2.24, 2.45) is 5.73 Å². The van der Waals surface area contributed by atoms with E-state index in [0.717, 1.165) is 12.0 Å². The van der Waals surface area contributed by atoms with Crippen molar-refractivity contribution in [1.29, 1.82) is 5.26 Å². The van der Waals surface area contributed by atoms with E-state index in [2.05, 4.69) is 0 Å². The molecule has 0 spiro atoms. The molecule has 3 heteroatoms. The van der Waals surface area contributed by atoms with Crippen LogP contribution in [0.2, 0.25) is 0 Å². The lowest BCUT2D eigenvalue weighted by Crippen LogP contribution is -2.03. The van der Waals surface area contributed by atoms with Crippen molar-refractivity contribution in [3.8, 4) is 6.07 Å². The minimum atomic E-state index is -0.374. The first-order valence-electron chi connectivity index (χ1n) is 5.25. The maximum Gasteiger partial charge on any atom is 0.132 e. The molecule has 0 saturated carbocycles. The van der Waals surface area contributed by atoms with Crippen molar-refractivity contribution in [1.82, 2.24) is 0 Å². The second kappa shape index (κ2) is 5.32. The highest BCUT2D eigenvalue weighted by Gasteiger charge is 2.09. The van der Waals surface area contributed by atoms with Crippen molar-refractivity contribution in [3.05, 3.63) is 40.7 Å². The van der Waals surface area contributed by atoms with Crippen LogP contribution >= 0.6 is 0 Å². The predicted molar refractivity (Wildman–Crippen MR) is 62.8 cm³/mol. The monoisotopic (exact) mass is 218 g/mol. The Morgan fingerprint density at radius 3 is 2.69 bits per heavy atom. The third-order valence-corrected chi connectivity index (χ3v) is 2.37. The molecule has 16 heavy (non-hydrogen) atoms. The fourth-order valence-corrected chi connectivity index (χ4v) is 1.50. The summed E-state index contributed by atoms with van der Waals surface area (Å²) in [6.07, 6.45) is 1.40. The van der Waals surface area contributed by atoms with Crippen LogP contribution in [0.5, 0.6) is 0 Å². The third kappa shape index (κ3) is 2.60. The van der Waals surface area contributed by atoms with E-state index in [1.165, 1.54) is 6.07 Å². The average Bonchev–Trinajstić information content (AvgIpc) is 2.25. The number of aryl methyl sites for hydroxylation is 1. The van der Waals surface area contributed by atoms with Crippen LogP contribution < -0.4 is 5.73 Å². The van der Waals surface area contributed by atoms with E-state index in [1.54, 1.807) is 12.1 Å². The molecular formula is C13H15FN2. The highest BCUT2D eigenvalue weighted by Crippen LogP contribution is 2.20. The zero-order valence-corrected chi connectivity index (χ0v) is 9.55. The summed E-state index contributed by atoms with van der Waals surface area (Å²) in [6, 6.07) is 6.85. The van der Waals surface area contributed by atoms with Crippen molar-refractivity contribution >= 4 is 5.70 Å². The number of nitrogens with zero attached hydrogens (tertiary/aromatic N) is 1. The Balaban J connectivity index is 3.22. The quantitative estimate of drug-likeness (QED) is 0.792. The normalized spacial score (nSPS) is 11.9. The molecule has 0 aromatic heterocycles. The Morgan fingerprint density at radius 2 is 2.19 bits per heavy atom. The number of halogens is 1. The fraction of sp³-hybridized carbons (Fsp3) is 0.308. The first kappa shape index (κ1) is 12.3. The van der Waals surface area contributed by atoms with Gasteiger partial charge in [0, 0.05) is 5.56 Å². The lowest BCUT2D eigenvalue weighted by Gasteiger charge is -2.07. The fourth-order valence-electron chi connectivity index (χ4n) is 1.50. The summed E-state index contributed by atoms with van der Waals surface area (Å²) in [7, 11) is 0. The van der Waals surface area contributed by atoms with Gasteiger partial charge in [0.25, 0.3) is 0 Å². The van der Waals surface area contributed by atoms with E-state index in [4.69, 9.17) is 11.0 Å². The molecule has 0 aliphatic heterocycles. The lowest BCUT2D eigenvalue weighted by atomic mass is 10.0. The van der Waals surface area contributed by atoms with Crippen LogP contribution in [0.4, 0.5) is 4.39 Å². The van der Waals surface area contributed by atoms with Crippen molar-refractivity contribution in [3.63, 3.8) is 0 Å². The molecule has 0 aliphatic carbocycles. The topological polar surface area (TPSA) is 49.8 Å². The van der Waals surface area contributed by atoms with Gasteiger partial charge in [-0.15, -0.1) is 0 Å². The van der Waals surface area contributed by atoms with Gasteiger partial charge in [-0.25, -0.2) is 4.39 Å². The molecule has 1 aromatic rings. The largest absolute Gasteiger partial charge is 0.397 e. The molecule has 84 valence electrons. The van der Waals surface area contributed by atoms with Gasteiger partial charge in [0.2, 0.25) is 0 Å². The maximum absolute atomic E-state index is 13.6. The van der Waals surface area contributed by atoms with Gasteiger partial charge < -0.3 is 5.73 Å². The SMILES string of the molecule is CCC/C(C#N)=C(/N)c1ccc(C)cc1F. The van der Waals surface area contributed by atoms with E-state index < -0.39 is 0 Å². The van der Waals surface area contributed by atoms with Crippen molar-refractivity contribution < 1.29 is 4.39 Å². The van der Waals surface area contributed by atoms with Gasteiger partial charge in [-0.1, -0.05) is 19.4 Å². The molecule has 0 bridgehead atoms. The van der Waals surface area contributed by atoms with Crippen LogP contribution in [0, 0.1) is 24.1 Å². The summed E-state index contributed by atoms with van der Waals surface area (Å²) >= 11 is 0.